The lowest BCUT2D eigenvalue weighted by molar-refractivity contribution is -0.137. The lowest BCUT2D eigenvalue weighted by Crippen LogP contribution is -2.37. The summed E-state index contributed by atoms with van der Waals surface area (Å²) >= 11 is 0. The summed E-state index contributed by atoms with van der Waals surface area (Å²) in [4.78, 5) is 18.7. The number of oxime groups is 1. The van der Waals surface area contributed by atoms with Gasteiger partial charge in [0.1, 0.15) is 0 Å². The van der Waals surface area contributed by atoms with Crippen LogP contribution in [0.1, 0.15) is 24.8 Å². The van der Waals surface area contributed by atoms with E-state index in [2.05, 4.69) is 5.16 Å². The number of piperidine rings is 1. The molecule has 1 aromatic carbocycles. The third-order valence-corrected chi connectivity index (χ3v) is 3.13. The summed E-state index contributed by atoms with van der Waals surface area (Å²) in [6.07, 6.45) is 3.34. The molecular weight excluding hydrogens is 242 g/mol. The summed E-state index contributed by atoms with van der Waals surface area (Å²) < 4.78 is 0. The number of hydrogen-bond acceptors (Lipinski definition) is 3. The Morgan fingerprint density at radius 2 is 1.89 bits per heavy atom. The Kier molecular flexibility index (Phi) is 4.78. The molecule has 0 bridgehead atoms. The molecule has 0 atom stereocenters. The van der Waals surface area contributed by atoms with Crippen LogP contribution < -0.4 is 5.73 Å². The second-order valence-corrected chi connectivity index (χ2v) is 4.56. The molecule has 0 unspecified atom stereocenters. The molecule has 0 aromatic heterocycles. The largest absolute Gasteiger partial charge is 0.384 e. The first kappa shape index (κ1) is 13.4. The molecule has 5 heteroatoms. The lowest BCUT2D eigenvalue weighted by Gasteiger charge is -2.25. The number of carbonyl (C=O) groups excluding carboxylic acids is 1. The highest BCUT2D eigenvalue weighted by Gasteiger charge is 2.16. The van der Waals surface area contributed by atoms with E-state index in [0.29, 0.717) is 0 Å². The first-order valence-corrected chi connectivity index (χ1v) is 6.56. The van der Waals surface area contributed by atoms with Gasteiger partial charge in [-0.25, -0.2) is 0 Å². The van der Waals surface area contributed by atoms with E-state index >= 15 is 0 Å². The average molecular weight is 261 g/mol. The van der Waals surface area contributed by atoms with E-state index in [1.54, 1.807) is 0 Å². The topological polar surface area (TPSA) is 67.9 Å². The molecule has 5 nitrogen and oxygen atoms in total. The summed E-state index contributed by atoms with van der Waals surface area (Å²) in [6, 6.07) is 9.33. The van der Waals surface area contributed by atoms with Crippen LogP contribution in [0.25, 0.3) is 0 Å². The summed E-state index contributed by atoms with van der Waals surface area (Å²) in [7, 11) is 0. The highest BCUT2D eigenvalue weighted by molar-refractivity contribution is 5.97. The van der Waals surface area contributed by atoms with E-state index in [1.165, 1.54) is 6.42 Å². The lowest BCUT2D eigenvalue weighted by atomic mass is 10.1. The SMILES string of the molecule is N/C(=N\OCC(=O)N1CCCCC1)c1ccccc1. The Labute approximate surface area is 113 Å². The molecular formula is C14H19N3O2. The Hall–Kier alpha value is -2.04. The van der Waals surface area contributed by atoms with Gasteiger partial charge in [0, 0.05) is 18.7 Å². The number of hydrogen-bond donors (Lipinski definition) is 1. The molecule has 1 aromatic rings. The van der Waals surface area contributed by atoms with Gasteiger partial charge in [0.15, 0.2) is 12.4 Å². The highest BCUT2D eigenvalue weighted by Crippen LogP contribution is 2.08. The standard InChI is InChI=1S/C14H19N3O2/c15-14(12-7-3-1-4-8-12)16-19-11-13(18)17-9-5-2-6-10-17/h1,3-4,7-8H,2,5-6,9-11H2,(H2,15,16). The van der Waals surface area contributed by atoms with Gasteiger partial charge < -0.3 is 15.5 Å². The third kappa shape index (κ3) is 3.98. The zero-order chi connectivity index (χ0) is 13.5. The minimum Gasteiger partial charge on any atom is -0.384 e. The summed E-state index contributed by atoms with van der Waals surface area (Å²) in [6.45, 7) is 1.59. The van der Waals surface area contributed by atoms with Gasteiger partial charge in [0.25, 0.3) is 5.91 Å². The van der Waals surface area contributed by atoms with Crippen molar-refractivity contribution in [2.75, 3.05) is 19.7 Å². The van der Waals surface area contributed by atoms with Crippen molar-refractivity contribution in [1.29, 1.82) is 0 Å². The first-order chi connectivity index (χ1) is 9.27. The Bertz CT molecular complexity index is 439. The van der Waals surface area contributed by atoms with E-state index in [1.807, 2.05) is 35.2 Å². The van der Waals surface area contributed by atoms with Gasteiger partial charge >= 0.3 is 0 Å². The number of carbonyl (C=O) groups is 1. The molecule has 0 radical (unpaired) electrons. The van der Waals surface area contributed by atoms with Crippen molar-refractivity contribution < 1.29 is 9.63 Å². The van der Waals surface area contributed by atoms with Crippen LogP contribution in [0.3, 0.4) is 0 Å². The van der Waals surface area contributed by atoms with Crippen LogP contribution in [0.5, 0.6) is 0 Å². The normalized spacial score (nSPS) is 16.2. The van der Waals surface area contributed by atoms with E-state index in [-0.39, 0.29) is 18.3 Å². The molecule has 1 aliphatic heterocycles. The predicted octanol–water partition coefficient (Wildman–Crippen LogP) is 1.34. The second kappa shape index (κ2) is 6.78. The number of nitrogens with two attached hydrogens (primary N) is 1. The molecule has 1 aliphatic rings. The van der Waals surface area contributed by atoms with Gasteiger partial charge in [-0.05, 0) is 19.3 Å². The molecule has 1 saturated heterocycles. The number of amidine groups is 1. The summed E-state index contributed by atoms with van der Waals surface area (Å²) in [5, 5.41) is 3.78. The minimum absolute atomic E-state index is 0.0238. The number of nitrogens with zero attached hydrogens (tertiary/aromatic N) is 2. The predicted molar refractivity (Wildman–Crippen MR) is 73.5 cm³/mol. The third-order valence-electron chi connectivity index (χ3n) is 3.13. The van der Waals surface area contributed by atoms with Crippen molar-refractivity contribution in [1.82, 2.24) is 4.90 Å². The Balaban J connectivity index is 1.80. The molecule has 1 amide bonds. The van der Waals surface area contributed by atoms with Gasteiger partial charge in [-0.15, -0.1) is 0 Å². The monoisotopic (exact) mass is 261 g/mol. The molecule has 19 heavy (non-hydrogen) atoms. The van der Waals surface area contributed by atoms with Crippen LogP contribution in [0.15, 0.2) is 35.5 Å². The minimum atomic E-state index is -0.0481. The molecule has 0 aliphatic carbocycles. The fourth-order valence-corrected chi connectivity index (χ4v) is 2.05. The van der Waals surface area contributed by atoms with Gasteiger partial charge in [-0.1, -0.05) is 35.5 Å². The van der Waals surface area contributed by atoms with Crippen molar-refractivity contribution in [3.63, 3.8) is 0 Å². The first-order valence-electron chi connectivity index (χ1n) is 6.56. The fourth-order valence-electron chi connectivity index (χ4n) is 2.05. The average Bonchev–Trinajstić information content (AvgIpc) is 2.49. The van der Waals surface area contributed by atoms with Crippen molar-refractivity contribution in [3.05, 3.63) is 35.9 Å². The molecule has 2 rings (SSSR count). The van der Waals surface area contributed by atoms with Crippen LogP contribution in [0, 0.1) is 0 Å². The Morgan fingerprint density at radius 3 is 2.58 bits per heavy atom. The van der Waals surface area contributed by atoms with E-state index in [0.717, 1.165) is 31.5 Å². The van der Waals surface area contributed by atoms with Crippen molar-refractivity contribution in [2.24, 2.45) is 10.9 Å². The maximum absolute atomic E-state index is 11.8. The van der Waals surface area contributed by atoms with Gasteiger partial charge in [0.2, 0.25) is 0 Å². The van der Waals surface area contributed by atoms with Gasteiger partial charge in [-0.2, -0.15) is 0 Å². The maximum atomic E-state index is 11.8. The number of likely N-dealkylation sites (tertiary alicyclic amines) is 1. The highest BCUT2D eigenvalue weighted by atomic mass is 16.6. The quantitative estimate of drug-likeness (QED) is 0.505. The maximum Gasteiger partial charge on any atom is 0.263 e. The Morgan fingerprint density at radius 1 is 1.21 bits per heavy atom. The second-order valence-electron chi connectivity index (χ2n) is 4.56. The molecule has 2 N–H and O–H groups in total. The van der Waals surface area contributed by atoms with Crippen LogP contribution in [0.4, 0.5) is 0 Å². The van der Waals surface area contributed by atoms with Gasteiger partial charge in [0.05, 0.1) is 0 Å². The van der Waals surface area contributed by atoms with E-state index in [4.69, 9.17) is 10.6 Å². The smallest absolute Gasteiger partial charge is 0.263 e. The molecule has 102 valence electrons. The molecule has 0 spiro atoms. The zero-order valence-corrected chi connectivity index (χ0v) is 10.9. The van der Waals surface area contributed by atoms with Gasteiger partial charge in [-0.3, -0.25) is 4.79 Å². The number of rotatable bonds is 4. The summed E-state index contributed by atoms with van der Waals surface area (Å²) in [5.74, 6) is 0.261. The van der Waals surface area contributed by atoms with Crippen molar-refractivity contribution >= 4 is 11.7 Å². The summed E-state index contributed by atoms with van der Waals surface area (Å²) in [5.41, 5.74) is 6.54. The van der Waals surface area contributed by atoms with Crippen molar-refractivity contribution in [2.45, 2.75) is 19.3 Å². The van der Waals surface area contributed by atoms with E-state index < -0.39 is 0 Å². The van der Waals surface area contributed by atoms with E-state index in [9.17, 15) is 4.79 Å². The van der Waals surface area contributed by atoms with Crippen LogP contribution in [-0.4, -0.2) is 36.3 Å². The molecule has 0 saturated carbocycles. The number of benzene rings is 1. The van der Waals surface area contributed by atoms with Crippen molar-refractivity contribution in [3.8, 4) is 0 Å². The molecule has 1 heterocycles. The van der Waals surface area contributed by atoms with Crippen LogP contribution >= 0.6 is 0 Å². The zero-order valence-electron chi connectivity index (χ0n) is 10.9. The van der Waals surface area contributed by atoms with Crippen LogP contribution in [-0.2, 0) is 9.63 Å². The fraction of sp³-hybridized carbons (Fsp3) is 0.429. The number of amides is 1. The van der Waals surface area contributed by atoms with Crippen LogP contribution in [0.2, 0.25) is 0 Å². The molecule has 1 fully saturated rings.